The molecule has 122 valence electrons. The van der Waals surface area contributed by atoms with Gasteiger partial charge in [-0.25, -0.2) is 0 Å². The second kappa shape index (κ2) is 7.45. The lowest BCUT2D eigenvalue weighted by Crippen LogP contribution is -2.54. The first-order valence-electron chi connectivity index (χ1n) is 7.81. The van der Waals surface area contributed by atoms with Gasteiger partial charge < -0.3 is 15.5 Å². The van der Waals surface area contributed by atoms with Gasteiger partial charge in [0.2, 0.25) is 11.8 Å². The molecule has 0 aromatic heterocycles. The van der Waals surface area contributed by atoms with E-state index in [-0.39, 0.29) is 30.1 Å². The predicted octanol–water partition coefficient (Wildman–Crippen LogP) is 1.40. The molecule has 0 bridgehead atoms. The van der Waals surface area contributed by atoms with E-state index in [0.29, 0.717) is 13.1 Å². The highest BCUT2D eigenvalue weighted by atomic mass is 35.5. The van der Waals surface area contributed by atoms with Crippen molar-refractivity contribution >= 4 is 24.2 Å². The first-order valence-corrected chi connectivity index (χ1v) is 7.81. The maximum atomic E-state index is 12.6. The van der Waals surface area contributed by atoms with E-state index in [4.69, 9.17) is 5.73 Å². The van der Waals surface area contributed by atoms with E-state index in [1.54, 1.807) is 0 Å². The number of amides is 2. The summed E-state index contributed by atoms with van der Waals surface area (Å²) in [4.78, 5) is 28.4. The zero-order chi connectivity index (χ0) is 14.8. The lowest BCUT2D eigenvalue weighted by molar-refractivity contribution is -0.138. The van der Waals surface area contributed by atoms with Crippen LogP contribution in [0.15, 0.2) is 0 Å². The Morgan fingerprint density at radius 1 is 0.952 bits per heavy atom. The molecule has 2 aliphatic rings. The molecule has 0 unspecified atom stereocenters. The van der Waals surface area contributed by atoms with Crippen LogP contribution in [0.2, 0.25) is 0 Å². The Morgan fingerprint density at radius 3 is 2.05 bits per heavy atom. The van der Waals surface area contributed by atoms with Crippen LogP contribution < -0.4 is 5.73 Å². The van der Waals surface area contributed by atoms with Crippen molar-refractivity contribution in [2.45, 2.75) is 51.5 Å². The highest BCUT2D eigenvalue weighted by Crippen LogP contribution is 2.29. The van der Waals surface area contributed by atoms with Crippen LogP contribution in [-0.4, -0.2) is 53.3 Å². The SMILES string of the molecule is CC(C)C(=O)N1CCCN(C(=O)C2(N)CCCC2)CC1.Cl. The molecule has 1 heterocycles. The lowest BCUT2D eigenvalue weighted by atomic mass is 9.97. The van der Waals surface area contributed by atoms with Gasteiger partial charge in [-0.05, 0) is 19.3 Å². The van der Waals surface area contributed by atoms with E-state index < -0.39 is 5.54 Å². The van der Waals surface area contributed by atoms with Crippen LogP contribution in [0.3, 0.4) is 0 Å². The van der Waals surface area contributed by atoms with Gasteiger partial charge in [0.05, 0.1) is 5.54 Å². The molecular weight excluding hydrogens is 290 g/mol. The molecule has 1 saturated carbocycles. The molecule has 0 aromatic rings. The third-order valence-electron chi connectivity index (χ3n) is 4.51. The largest absolute Gasteiger partial charge is 0.341 e. The van der Waals surface area contributed by atoms with E-state index >= 15 is 0 Å². The second-order valence-corrected chi connectivity index (χ2v) is 6.49. The number of nitrogens with zero attached hydrogens (tertiary/aromatic N) is 2. The van der Waals surface area contributed by atoms with E-state index in [1.807, 2.05) is 23.6 Å². The minimum atomic E-state index is -0.642. The van der Waals surface area contributed by atoms with Gasteiger partial charge in [0.25, 0.3) is 0 Å². The third-order valence-corrected chi connectivity index (χ3v) is 4.51. The quantitative estimate of drug-likeness (QED) is 0.837. The summed E-state index contributed by atoms with van der Waals surface area (Å²) in [5.41, 5.74) is 5.61. The molecule has 2 amide bonds. The summed E-state index contributed by atoms with van der Waals surface area (Å²) in [6.45, 7) is 6.57. The van der Waals surface area contributed by atoms with Crippen molar-refractivity contribution in [2.75, 3.05) is 26.2 Å². The molecule has 2 fully saturated rings. The summed E-state index contributed by atoms with van der Waals surface area (Å²) in [5.74, 6) is 0.296. The Morgan fingerprint density at radius 2 is 1.48 bits per heavy atom. The number of hydrogen-bond acceptors (Lipinski definition) is 3. The number of rotatable bonds is 2. The molecule has 0 aromatic carbocycles. The van der Waals surface area contributed by atoms with Crippen LogP contribution >= 0.6 is 12.4 Å². The topological polar surface area (TPSA) is 66.6 Å². The van der Waals surface area contributed by atoms with Crippen LogP contribution in [0.25, 0.3) is 0 Å². The lowest BCUT2D eigenvalue weighted by Gasteiger charge is -2.30. The van der Waals surface area contributed by atoms with Gasteiger partial charge in [0.15, 0.2) is 0 Å². The van der Waals surface area contributed by atoms with Crippen molar-refractivity contribution in [3.8, 4) is 0 Å². The summed E-state index contributed by atoms with van der Waals surface area (Å²) in [6.07, 6.45) is 4.55. The molecule has 21 heavy (non-hydrogen) atoms. The molecule has 1 aliphatic heterocycles. The molecule has 6 heteroatoms. The summed E-state index contributed by atoms with van der Waals surface area (Å²) < 4.78 is 0. The smallest absolute Gasteiger partial charge is 0.242 e. The predicted molar refractivity (Wildman–Crippen MR) is 85.2 cm³/mol. The van der Waals surface area contributed by atoms with Gasteiger partial charge >= 0.3 is 0 Å². The Bertz CT molecular complexity index is 381. The van der Waals surface area contributed by atoms with Gasteiger partial charge in [0.1, 0.15) is 0 Å². The zero-order valence-electron chi connectivity index (χ0n) is 13.1. The second-order valence-electron chi connectivity index (χ2n) is 6.49. The molecule has 1 aliphatic carbocycles. The van der Waals surface area contributed by atoms with Gasteiger partial charge in [0, 0.05) is 32.1 Å². The van der Waals surface area contributed by atoms with Crippen molar-refractivity contribution in [1.29, 1.82) is 0 Å². The summed E-state index contributed by atoms with van der Waals surface area (Å²) >= 11 is 0. The molecule has 1 saturated heterocycles. The fourth-order valence-electron chi connectivity index (χ4n) is 3.24. The average molecular weight is 318 g/mol. The Hall–Kier alpha value is -0.810. The Balaban J connectivity index is 0.00000220. The molecule has 5 nitrogen and oxygen atoms in total. The van der Waals surface area contributed by atoms with Crippen molar-refractivity contribution in [3.05, 3.63) is 0 Å². The van der Waals surface area contributed by atoms with Crippen LogP contribution in [0.4, 0.5) is 0 Å². The molecule has 2 rings (SSSR count). The van der Waals surface area contributed by atoms with Gasteiger partial charge in [-0.3, -0.25) is 9.59 Å². The third kappa shape index (κ3) is 4.10. The van der Waals surface area contributed by atoms with Crippen molar-refractivity contribution in [1.82, 2.24) is 9.80 Å². The molecule has 2 N–H and O–H groups in total. The van der Waals surface area contributed by atoms with Crippen molar-refractivity contribution < 1.29 is 9.59 Å². The molecule has 0 spiro atoms. The number of halogens is 1. The minimum Gasteiger partial charge on any atom is -0.341 e. The number of hydrogen-bond donors (Lipinski definition) is 1. The molecule has 0 atom stereocenters. The van der Waals surface area contributed by atoms with Gasteiger partial charge in [-0.2, -0.15) is 0 Å². The monoisotopic (exact) mass is 317 g/mol. The highest BCUT2D eigenvalue weighted by Gasteiger charge is 2.40. The molecular formula is C15H28ClN3O2. The summed E-state index contributed by atoms with van der Waals surface area (Å²) in [7, 11) is 0. The average Bonchev–Trinajstić information content (AvgIpc) is 2.73. The van der Waals surface area contributed by atoms with Crippen LogP contribution in [-0.2, 0) is 9.59 Å². The van der Waals surface area contributed by atoms with Crippen LogP contribution in [0, 0.1) is 5.92 Å². The zero-order valence-corrected chi connectivity index (χ0v) is 14.0. The Kier molecular flexibility index (Phi) is 6.47. The minimum absolute atomic E-state index is 0. The maximum Gasteiger partial charge on any atom is 0.242 e. The summed E-state index contributed by atoms with van der Waals surface area (Å²) in [5, 5.41) is 0. The Labute approximate surface area is 133 Å². The highest BCUT2D eigenvalue weighted by molar-refractivity contribution is 5.86. The number of nitrogens with two attached hydrogens (primary N) is 1. The van der Waals surface area contributed by atoms with E-state index in [1.165, 1.54) is 0 Å². The van der Waals surface area contributed by atoms with Crippen LogP contribution in [0.5, 0.6) is 0 Å². The van der Waals surface area contributed by atoms with Crippen molar-refractivity contribution in [2.24, 2.45) is 11.7 Å². The first kappa shape index (κ1) is 18.2. The fourth-order valence-corrected chi connectivity index (χ4v) is 3.24. The molecule has 0 radical (unpaired) electrons. The van der Waals surface area contributed by atoms with Crippen LogP contribution in [0.1, 0.15) is 46.0 Å². The van der Waals surface area contributed by atoms with E-state index in [2.05, 4.69) is 0 Å². The normalized spacial score (nSPS) is 21.9. The number of carbonyl (C=O) groups excluding carboxylic acids is 2. The van der Waals surface area contributed by atoms with Crippen molar-refractivity contribution in [3.63, 3.8) is 0 Å². The maximum absolute atomic E-state index is 12.6. The fraction of sp³-hybridized carbons (Fsp3) is 0.867. The number of carbonyl (C=O) groups is 2. The van der Waals surface area contributed by atoms with E-state index in [9.17, 15) is 9.59 Å². The summed E-state index contributed by atoms with van der Waals surface area (Å²) in [6, 6.07) is 0. The van der Waals surface area contributed by atoms with E-state index in [0.717, 1.165) is 45.2 Å². The van der Waals surface area contributed by atoms with Gasteiger partial charge in [-0.15, -0.1) is 12.4 Å². The first-order chi connectivity index (χ1) is 9.44. The van der Waals surface area contributed by atoms with Gasteiger partial charge in [-0.1, -0.05) is 26.7 Å². The standard InChI is InChI=1S/C15H27N3O2.ClH/c1-12(2)13(19)17-8-5-9-18(11-10-17)14(20)15(16)6-3-4-7-15;/h12H,3-11,16H2,1-2H3;1H.